The van der Waals surface area contributed by atoms with Crippen molar-refractivity contribution < 1.29 is 9.53 Å². The molecule has 0 aromatic heterocycles. The van der Waals surface area contributed by atoms with Crippen molar-refractivity contribution >= 4 is 11.8 Å². The van der Waals surface area contributed by atoms with Crippen LogP contribution in [0.4, 0.5) is 10.5 Å². The zero-order chi connectivity index (χ0) is 14.9. The van der Waals surface area contributed by atoms with Gasteiger partial charge in [0, 0.05) is 18.8 Å². The molecule has 1 aliphatic heterocycles. The van der Waals surface area contributed by atoms with Gasteiger partial charge in [0.1, 0.15) is 5.60 Å². The summed E-state index contributed by atoms with van der Waals surface area (Å²) in [5, 5.41) is 0. The topological polar surface area (TPSA) is 55.6 Å². The van der Waals surface area contributed by atoms with E-state index in [1.807, 2.05) is 32.9 Å². The standard InChI is InChI=1S/C16H24N2O2/c1-5-11-8-13(17)9-12-10-18(7-6-14(11)12)15(19)20-16(2,3)4/h8-9H,5-7,10,17H2,1-4H3. The molecule has 0 fully saturated rings. The van der Waals surface area contributed by atoms with E-state index in [1.165, 1.54) is 11.1 Å². The van der Waals surface area contributed by atoms with Gasteiger partial charge in [0.05, 0.1) is 0 Å². The van der Waals surface area contributed by atoms with Crippen LogP contribution < -0.4 is 5.73 Å². The fraction of sp³-hybridized carbons (Fsp3) is 0.562. The maximum absolute atomic E-state index is 12.1. The van der Waals surface area contributed by atoms with Gasteiger partial charge < -0.3 is 15.4 Å². The summed E-state index contributed by atoms with van der Waals surface area (Å²) in [5.74, 6) is 0. The van der Waals surface area contributed by atoms with E-state index < -0.39 is 5.60 Å². The van der Waals surface area contributed by atoms with Gasteiger partial charge in [-0.2, -0.15) is 0 Å². The van der Waals surface area contributed by atoms with Gasteiger partial charge >= 0.3 is 6.09 Å². The minimum Gasteiger partial charge on any atom is -0.444 e. The van der Waals surface area contributed by atoms with Crippen LogP contribution in [0.25, 0.3) is 0 Å². The van der Waals surface area contributed by atoms with Crippen LogP contribution in [0.1, 0.15) is 44.4 Å². The van der Waals surface area contributed by atoms with Crippen LogP contribution in [0.3, 0.4) is 0 Å². The van der Waals surface area contributed by atoms with Crippen LogP contribution in [0.15, 0.2) is 12.1 Å². The van der Waals surface area contributed by atoms with Crippen molar-refractivity contribution in [2.75, 3.05) is 12.3 Å². The minimum atomic E-state index is -0.457. The average Bonchev–Trinajstić information content (AvgIpc) is 2.34. The molecule has 1 amide bonds. The number of hydrogen-bond acceptors (Lipinski definition) is 3. The highest BCUT2D eigenvalue weighted by atomic mass is 16.6. The quantitative estimate of drug-likeness (QED) is 0.802. The van der Waals surface area contributed by atoms with E-state index in [0.717, 1.165) is 24.1 Å². The summed E-state index contributed by atoms with van der Waals surface area (Å²) in [6.45, 7) is 9.08. The molecule has 2 N–H and O–H groups in total. The van der Waals surface area contributed by atoms with Gasteiger partial charge in [0.25, 0.3) is 0 Å². The van der Waals surface area contributed by atoms with Gasteiger partial charge in [-0.05, 0) is 62.4 Å². The molecule has 0 radical (unpaired) electrons. The van der Waals surface area contributed by atoms with E-state index in [4.69, 9.17) is 10.5 Å². The molecule has 4 heteroatoms. The Morgan fingerprint density at radius 2 is 2.10 bits per heavy atom. The first-order valence-electron chi connectivity index (χ1n) is 7.18. The van der Waals surface area contributed by atoms with Crippen LogP contribution in [-0.4, -0.2) is 23.1 Å². The largest absolute Gasteiger partial charge is 0.444 e. The Bertz CT molecular complexity index is 518. The fourth-order valence-corrected chi connectivity index (χ4v) is 2.62. The zero-order valence-corrected chi connectivity index (χ0v) is 12.8. The third-order valence-corrected chi connectivity index (χ3v) is 3.48. The number of amides is 1. The zero-order valence-electron chi connectivity index (χ0n) is 12.8. The fourth-order valence-electron chi connectivity index (χ4n) is 2.62. The molecule has 0 saturated carbocycles. The lowest BCUT2D eigenvalue weighted by Crippen LogP contribution is -2.40. The lowest BCUT2D eigenvalue weighted by molar-refractivity contribution is 0.0223. The van der Waals surface area contributed by atoms with Gasteiger partial charge in [-0.1, -0.05) is 6.92 Å². The summed E-state index contributed by atoms with van der Waals surface area (Å²) < 4.78 is 5.43. The predicted molar refractivity (Wildman–Crippen MR) is 80.6 cm³/mol. The maximum Gasteiger partial charge on any atom is 0.410 e. The highest BCUT2D eigenvalue weighted by molar-refractivity contribution is 5.69. The number of ether oxygens (including phenoxy) is 1. The number of aryl methyl sites for hydroxylation is 1. The summed E-state index contributed by atoms with van der Waals surface area (Å²) >= 11 is 0. The van der Waals surface area contributed by atoms with E-state index in [9.17, 15) is 4.79 Å². The summed E-state index contributed by atoms with van der Waals surface area (Å²) in [4.78, 5) is 13.9. The minimum absolute atomic E-state index is 0.247. The van der Waals surface area contributed by atoms with Crippen molar-refractivity contribution in [1.29, 1.82) is 0 Å². The van der Waals surface area contributed by atoms with Crippen LogP contribution >= 0.6 is 0 Å². The lowest BCUT2D eigenvalue weighted by atomic mass is 9.92. The molecule has 1 aromatic carbocycles. The lowest BCUT2D eigenvalue weighted by Gasteiger charge is -2.32. The molecule has 0 atom stereocenters. The smallest absolute Gasteiger partial charge is 0.410 e. The molecule has 0 unspecified atom stereocenters. The Morgan fingerprint density at radius 1 is 1.40 bits per heavy atom. The number of nitrogens with zero attached hydrogens (tertiary/aromatic N) is 1. The Morgan fingerprint density at radius 3 is 2.70 bits per heavy atom. The first-order valence-corrected chi connectivity index (χ1v) is 7.18. The molecule has 0 bridgehead atoms. The van der Waals surface area contributed by atoms with Crippen LogP contribution in [0.2, 0.25) is 0 Å². The van der Waals surface area contributed by atoms with Crippen molar-refractivity contribution in [1.82, 2.24) is 4.90 Å². The maximum atomic E-state index is 12.1. The molecule has 0 aliphatic carbocycles. The number of benzene rings is 1. The van der Waals surface area contributed by atoms with Gasteiger partial charge in [-0.15, -0.1) is 0 Å². The normalized spacial score (nSPS) is 14.9. The molecule has 2 rings (SSSR count). The summed E-state index contributed by atoms with van der Waals surface area (Å²) in [5.41, 5.74) is 10.1. The van der Waals surface area contributed by atoms with Gasteiger partial charge in [0.15, 0.2) is 0 Å². The number of carbonyl (C=O) groups is 1. The molecule has 1 aromatic rings. The molecule has 110 valence electrons. The molecule has 1 aliphatic rings. The van der Waals surface area contributed by atoms with Crippen molar-refractivity contribution in [3.63, 3.8) is 0 Å². The summed E-state index contributed by atoms with van der Waals surface area (Å²) in [6.07, 6.45) is 1.60. The number of nitrogen functional groups attached to an aromatic ring is 1. The molecule has 20 heavy (non-hydrogen) atoms. The van der Waals surface area contributed by atoms with Crippen LogP contribution in [0.5, 0.6) is 0 Å². The van der Waals surface area contributed by atoms with Crippen molar-refractivity contribution in [2.24, 2.45) is 0 Å². The van der Waals surface area contributed by atoms with Crippen molar-refractivity contribution in [3.8, 4) is 0 Å². The average molecular weight is 276 g/mol. The third kappa shape index (κ3) is 3.24. The SMILES string of the molecule is CCc1cc(N)cc2c1CCN(C(=O)OC(C)(C)C)C2. The summed E-state index contributed by atoms with van der Waals surface area (Å²) in [7, 11) is 0. The predicted octanol–water partition coefficient (Wildman–Crippen LogP) is 3.12. The molecule has 0 spiro atoms. The Balaban J connectivity index is 2.19. The van der Waals surface area contributed by atoms with Crippen LogP contribution in [0, 0.1) is 0 Å². The van der Waals surface area contributed by atoms with Crippen LogP contribution in [-0.2, 0) is 24.1 Å². The second kappa shape index (κ2) is 5.35. The molecule has 4 nitrogen and oxygen atoms in total. The van der Waals surface area contributed by atoms with Gasteiger partial charge in [-0.3, -0.25) is 0 Å². The number of hydrogen-bond donors (Lipinski definition) is 1. The number of nitrogens with two attached hydrogens (primary N) is 1. The Kier molecular flexibility index (Phi) is 3.93. The molecule has 1 heterocycles. The van der Waals surface area contributed by atoms with E-state index >= 15 is 0 Å². The highest BCUT2D eigenvalue weighted by Gasteiger charge is 2.26. The first kappa shape index (κ1) is 14.7. The number of carbonyl (C=O) groups excluding carboxylic acids is 1. The Hall–Kier alpha value is -1.71. The van der Waals surface area contributed by atoms with E-state index in [-0.39, 0.29) is 6.09 Å². The monoisotopic (exact) mass is 276 g/mol. The third-order valence-electron chi connectivity index (χ3n) is 3.48. The number of anilines is 1. The van der Waals surface area contributed by atoms with Crippen molar-refractivity contribution in [3.05, 3.63) is 28.8 Å². The molecular weight excluding hydrogens is 252 g/mol. The van der Waals surface area contributed by atoms with Gasteiger partial charge in [0.2, 0.25) is 0 Å². The van der Waals surface area contributed by atoms with E-state index in [2.05, 4.69) is 6.92 Å². The van der Waals surface area contributed by atoms with Crippen molar-refractivity contribution in [2.45, 2.75) is 52.7 Å². The van der Waals surface area contributed by atoms with E-state index in [1.54, 1.807) is 4.90 Å². The number of fused-ring (bicyclic) bond motifs is 1. The Labute approximate surface area is 120 Å². The number of rotatable bonds is 1. The second-order valence-corrected chi connectivity index (χ2v) is 6.32. The molecular formula is C16H24N2O2. The molecule has 0 saturated heterocycles. The first-order chi connectivity index (χ1) is 9.30. The second-order valence-electron chi connectivity index (χ2n) is 6.32. The summed E-state index contributed by atoms with van der Waals surface area (Å²) in [6, 6.07) is 4.02. The highest BCUT2D eigenvalue weighted by Crippen LogP contribution is 2.27. The van der Waals surface area contributed by atoms with Gasteiger partial charge in [-0.25, -0.2) is 4.79 Å². The van der Waals surface area contributed by atoms with E-state index in [0.29, 0.717) is 13.1 Å².